The van der Waals surface area contributed by atoms with Gasteiger partial charge in [0.15, 0.2) is 5.82 Å². The molecule has 162 valence electrons. The maximum Gasteiger partial charge on any atom is 0.263 e. The molecular weight excluding hydrogens is 396 g/mol. The van der Waals surface area contributed by atoms with E-state index in [-0.39, 0.29) is 29.9 Å². The first-order valence-electron chi connectivity index (χ1n) is 10.1. The first-order chi connectivity index (χ1) is 14.7. The van der Waals surface area contributed by atoms with E-state index in [1.807, 2.05) is 31.2 Å². The van der Waals surface area contributed by atoms with Crippen LogP contribution in [0.4, 0.5) is 5.82 Å². The number of carbonyl (C=O) groups excluding carboxylic acids is 2. The van der Waals surface area contributed by atoms with Gasteiger partial charge < -0.3 is 19.7 Å². The number of anilines is 1. The van der Waals surface area contributed by atoms with Crippen LogP contribution in [-0.2, 0) is 11.3 Å². The van der Waals surface area contributed by atoms with Crippen molar-refractivity contribution in [2.45, 2.75) is 46.2 Å². The average molecular weight is 422 g/mol. The quantitative estimate of drug-likeness (QED) is 0.607. The summed E-state index contributed by atoms with van der Waals surface area (Å²) in [6.07, 6.45) is 1.47. The van der Waals surface area contributed by atoms with E-state index < -0.39 is 11.5 Å². The third-order valence-electron chi connectivity index (χ3n) is 4.93. The predicted molar refractivity (Wildman–Crippen MR) is 117 cm³/mol. The molecular formula is C23H26N4O4. The fourth-order valence-electron chi connectivity index (χ4n) is 3.14. The second kappa shape index (κ2) is 9.42. The number of pyridine rings is 1. The van der Waals surface area contributed by atoms with Gasteiger partial charge in [0.05, 0.1) is 6.04 Å². The third kappa shape index (κ3) is 5.48. The van der Waals surface area contributed by atoms with Crippen LogP contribution in [0.3, 0.4) is 0 Å². The summed E-state index contributed by atoms with van der Waals surface area (Å²) >= 11 is 0. The molecule has 0 spiro atoms. The number of benzene rings is 1. The highest BCUT2D eigenvalue weighted by molar-refractivity contribution is 6.03. The van der Waals surface area contributed by atoms with Gasteiger partial charge in [0, 0.05) is 12.3 Å². The Morgan fingerprint density at radius 2 is 1.77 bits per heavy atom. The summed E-state index contributed by atoms with van der Waals surface area (Å²) in [5.74, 6) is 0.236. The SMILES string of the molecule is Cc1cc(NC(=O)c2cccn(CC(=O)N[C@@H](C)c3ccc(C(C)C)cc3)c2=O)no1. The number of nitrogens with zero attached hydrogens (tertiary/aromatic N) is 2. The fraction of sp³-hybridized carbons (Fsp3) is 0.304. The van der Waals surface area contributed by atoms with Crippen LogP contribution in [0.5, 0.6) is 0 Å². The maximum atomic E-state index is 12.7. The molecule has 2 heterocycles. The molecule has 0 saturated carbocycles. The molecule has 0 fully saturated rings. The standard InChI is InChI=1S/C23H26N4O4/c1-14(2)17-7-9-18(10-8-17)16(4)24-21(28)13-27-11-5-6-19(23(27)30)22(29)25-20-12-15(3)31-26-20/h5-12,14,16H,13H2,1-4H3,(H,24,28)(H,25,26,29)/t16-/m0/s1. The molecule has 1 aromatic carbocycles. The lowest BCUT2D eigenvalue weighted by Crippen LogP contribution is -2.35. The summed E-state index contributed by atoms with van der Waals surface area (Å²) in [7, 11) is 0. The molecule has 0 unspecified atom stereocenters. The molecule has 2 amide bonds. The van der Waals surface area contributed by atoms with Gasteiger partial charge in [0.1, 0.15) is 17.9 Å². The Bertz CT molecular complexity index is 1130. The molecule has 0 aliphatic carbocycles. The van der Waals surface area contributed by atoms with Gasteiger partial charge in [-0.15, -0.1) is 0 Å². The van der Waals surface area contributed by atoms with Gasteiger partial charge >= 0.3 is 0 Å². The third-order valence-corrected chi connectivity index (χ3v) is 4.93. The van der Waals surface area contributed by atoms with Crippen LogP contribution < -0.4 is 16.2 Å². The van der Waals surface area contributed by atoms with Crippen molar-refractivity contribution in [3.63, 3.8) is 0 Å². The Kier molecular flexibility index (Phi) is 6.69. The van der Waals surface area contributed by atoms with Crippen LogP contribution in [0.2, 0.25) is 0 Å². The highest BCUT2D eigenvalue weighted by Crippen LogP contribution is 2.18. The van der Waals surface area contributed by atoms with Gasteiger partial charge in [0.25, 0.3) is 11.5 Å². The number of aryl methyl sites for hydroxylation is 1. The molecule has 0 bridgehead atoms. The number of nitrogens with one attached hydrogen (secondary N) is 2. The Labute approximate surface area is 180 Å². The second-order valence-electron chi connectivity index (χ2n) is 7.74. The monoisotopic (exact) mass is 422 g/mol. The van der Waals surface area contributed by atoms with E-state index >= 15 is 0 Å². The van der Waals surface area contributed by atoms with E-state index in [2.05, 4.69) is 29.6 Å². The van der Waals surface area contributed by atoms with Gasteiger partial charge in [0.2, 0.25) is 5.91 Å². The molecule has 0 saturated heterocycles. The fourth-order valence-corrected chi connectivity index (χ4v) is 3.14. The predicted octanol–water partition coefficient (Wildman–Crippen LogP) is 3.40. The van der Waals surface area contributed by atoms with Gasteiger partial charge in [-0.25, -0.2) is 0 Å². The Hall–Kier alpha value is -3.68. The molecule has 31 heavy (non-hydrogen) atoms. The zero-order valence-electron chi connectivity index (χ0n) is 18.0. The number of hydrogen-bond acceptors (Lipinski definition) is 5. The first kappa shape index (κ1) is 22.0. The minimum Gasteiger partial charge on any atom is -0.360 e. The molecule has 3 aromatic rings. The van der Waals surface area contributed by atoms with Crippen LogP contribution >= 0.6 is 0 Å². The molecule has 0 aliphatic heterocycles. The van der Waals surface area contributed by atoms with E-state index in [1.54, 1.807) is 19.1 Å². The molecule has 2 aromatic heterocycles. The van der Waals surface area contributed by atoms with E-state index in [4.69, 9.17) is 4.52 Å². The van der Waals surface area contributed by atoms with Crippen LogP contribution in [0.15, 0.2) is 58.0 Å². The molecule has 0 aliphatic rings. The van der Waals surface area contributed by atoms with Gasteiger partial charge in [-0.05, 0) is 43.0 Å². The molecule has 8 heteroatoms. The normalized spacial score (nSPS) is 11.9. The van der Waals surface area contributed by atoms with Crippen molar-refractivity contribution in [2.24, 2.45) is 0 Å². The topological polar surface area (TPSA) is 106 Å². The largest absolute Gasteiger partial charge is 0.360 e. The van der Waals surface area contributed by atoms with Crippen molar-refractivity contribution < 1.29 is 14.1 Å². The Balaban J connectivity index is 1.66. The van der Waals surface area contributed by atoms with Gasteiger partial charge in [-0.2, -0.15) is 0 Å². The lowest BCUT2D eigenvalue weighted by atomic mass is 9.99. The zero-order valence-corrected chi connectivity index (χ0v) is 18.0. The Morgan fingerprint density at radius 1 is 1.10 bits per heavy atom. The number of rotatable bonds is 7. The minimum absolute atomic E-state index is 0.0896. The van der Waals surface area contributed by atoms with Crippen LogP contribution in [-0.4, -0.2) is 21.5 Å². The lowest BCUT2D eigenvalue weighted by molar-refractivity contribution is -0.122. The van der Waals surface area contributed by atoms with Gasteiger partial charge in [-0.1, -0.05) is 43.3 Å². The van der Waals surface area contributed by atoms with E-state index in [9.17, 15) is 14.4 Å². The highest BCUT2D eigenvalue weighted by atomic mass is 16.5. The zero-order chi connectivity index (χ0) is 22.5. The van der Waals surface area contributed by atoms with Gasteiger partial charge in [-0.3, -0.25) is 14.4 Å². The molecule has 0 radical (unpaired) electrons. The second-order valence-corrected chi connectivity index (χ2v) is 7.74. The van der Waals surface area contributed by atoms with E-state index in [0.717, 1.165) is 5.56 Å². The van der Waals surface area contributed by atoms with Crippen molar-refractivity contribution in [3.05, 3.63) is 81.5 Å². The lowest BCUT2D eigenvalue weighted by Gasteiger charge is -2.16. The summed E-state index contributed by atoms with van der Waals surface area (Å²) in [5.41, 5.74) is 1.54. The van der Waals surface area contributed by atoms with E-state index in [1.165, 1.54) is 22.4 Å². The van der Waals surface area contributed by atoms with Crippen LogP contribution in [0, 0.1) is 6.92 Å². The maximum absolute atomic E-state index is 12.7. The average Bonchev–Trinajstić information content (AvgIpc) is 3.14. The highest BCUT2D eigenvalue weighted by Gasteiger charge is 2.16. The van der Waals surface area contributed by atoms with Crippen molar-refractivity contribution in [2.75, 3.05) is 5.32 Å². The van der Waals surface area contributed by atoms with Crippen molar-refractivity contribution in [1.29, 1.82) is 0 Å². The smallest absolute Gasteiger partial charge is 0.263 e. The number of hydrogen-bond donors (Lipinski definition) is 2. The molecule has 1 atom stereocenters. The number of aromatic nitrogens is 2. The molecule has 2 N–H and O–H groups in total. The number of amides is 2. The van der Waals surface area contributed by atoms with E-state index in [0.29, 0.717) is 11.7 Å². The van der Waals surface area contributed by atoms with Crippen LogP contribution in [0.1, 0.15) is 60.0 Å². The summed E-state index contributed by atoms with van der Waals surface area (Å²) < 4.78 is 6.10. The summed E-state index contributed by atoms with van der Waals surface area (Å²) in [6.45, 7) is 7.63. The molecule has 3 rings (SSSR count). The summed E-state index contributed by atoms with van der Waals surface area (Å²) in [6, 6.07) is 12.3. The number of carbonyl (C=O) groups is 2. The van der Waals surface area contributed by atoms with Crippen molar-refractivity contribution in [1.82, 2.24) is 15.0 Å². The summed E-state index contributed by atoms with van der Waals surface area (Å²) in [4.78, 5) is 37.6. The minimum atomic E-state index is -0.619. The first-order valence-corrected chi connectivity index (χ1v) is 10.1. The van der Waals surface area contributed by atoms with Crippen LogP contribution in [0.25, 0.3) is 0 Å². The van der Waals surface area contributed by atoms with Crippen molar-refractivity contribution >= 4 is 17.6 Å². The Morgan fingerprint density at radius 3 is 2.39 bits per heavy atom. The summed E-state index contributed by atoms with van der Waals surface area (Å²) in [5, 5.41) is 9.08. The van der Waals surface area contributed by atoms with Crippen molar-refractivity contribution in [3.8, 4) is 0 Å². The molecule has 8 nitrogen and oxygen atoms in total.